The monoisotopic (exact) mass is 445 g/mol. The van der Waals surface area contributed by atoms with E-state index in [0.29, 0.717) is 3.43 Å². The molecule has 24 heavy (non-hydrogen) atoms. The molecular weight excluding hydrogens is 411 g/mol. The van der Waals surface area contributed by atoms with Crippen molar-refractivity contribution in [1.29, 1.82) is 0 Å². The molecule has 2 radical (unpaired) electrons. The number of hydrogen-bond acceptors (Lipinski definition) is 1. The Bertz CT molecular complexity index is 455. The van der Waals surface area contributed by atoms with E-state index in [9.17, 15) is 8.78 Å². The molecular formula is C20H33F2NSn. The Morgan fingerprint density at radius 3 is 1.83 bits per heavy atom. The maximum absolute atomic E-state index is 12.9. The van der Waals surface area contributed by atoms with Crippen molar-refractivity contribution < 1.29 is 8.78 Å². The Morgan fingerprint density at radius 1 is 0.958 bits per heavy atom. The van der Waals surface area contributed by atoms with Crippen molar-refractivity contribution in [2.45, 2.75) is 95.3 Å². The van der Waals surface area contributed by atoms with Gasteiger partial charge in [0.05, 0.1) is 0 Å². The van der Waals surface area contributed by atoms with Crippen LogP contribution in [0.25, 0.3) is 0 Å². The molecule has 1 aromatic rings. The molecule has 0 saturated carbocycles. The van der Waals surface area contributed by atoms with E-state index in [4.69, 9.17) is 0 Å². The third kappa shape index (κ3) is 6.97. The summed E-state index contributed by atoms with van der Waals surface area (Å²) >= 11 is -0.883. The first-order chi connectivity index (χ1) is 11.5. The summed E-state index contributed by atoms with van der Waals surface area (Å²) < 4.78 is 27.5. The Hall–Kier alpha value is -0.191. The van der Waals surface area contributed by atoms with Gasteiger partial charge < -0.3 is 0 Å². The molecule has 0 N–H and O–H groups in total. The second-order valence-corrected chi connectivity index (χ2v) is 12.2. The summed E-state index contributed by atoms with van der Waals surface area (Å²) in [5.74, 6) is 0. The quantitative estimate of drug-likeness (QED) is 0.341. The maximum atomic E-state index is 12.9. The van der Waals surface area contributed by atoms with Crippen LogP contribution in [0.15, 0.2) is 12.1 Å². The van der Waals surface area contributed by atoms with Gasteiger partial charge in [-0.3, -0.25) is 0 Å². The van der Waals surface area contributed by atoms with E-state index in [1.54, 1.807) is 6.07 Å². The van der Waals surface area contributed by atoms with Crippen LogP contribution in [0.3, 0.4) is 0 Å². The molecule has 1 nitrogen and oxygen atoms in total. The van der Waals surface area contributed by atoms with E-state index in [-0.39, 0.29) is 5.69 Å². The second-order valence-electron chi connectivity index (χ2n) is 6.89. The molecule has 1 aromatic heterocycles. The van der Waals surface area contributed by atoms with Crippen LogP contribution >= 0.6 is 0 Å². The van der Waals surface area contributed by atoms with E-state index >= 15 is 0 Å². The van der Waals surface area contributed by atoms with Gasteiger partial charge in [0.1, 0.15) is 0 Å². The molecule has 0 atom stereocenters. The third-order valence-corrected chi connectivity index (χ3v) is 10.7. The van der Waals surface area contributed by atoms with Crippen LogP contribution in [-0.4, -0.2) is 26.1 Å². The predicted octanol–water partition coefficient (Wildman–Crippen LogP) is 6.39. The van der Waals surface area contributed by atoms with Crippen LogP contribution < -0.4 is 3.58 Å². The number of rotatable bonds is 12. The zero-order chi connectivity index (χ0) is 18.0. The summed E-state index contributed by atoms with van der Waals surface area (Å²) in [5.41, 5.74) is 0.783. The van der Waals surface area contributed by atoms with Crippen molar-refractivity contribution in [2.75, 3.05) is 0 Å². The van der Waals surface area contributed by atoms with Gasteiger partial charge in [0, 0.05) is 0 Å². The minimum absolute atomic E-state index is 0.0723. The van der Waals surface area contributed by atoms with Crippen molar-refractivity contribution in [3.63, 3.8) is 0 Å². The van der Waals surface area contributed by atoms with Crippen LogP contribution in [0.1, 0.15) is 96.4 Å². The van der Waals surface area contributed by atoms with Gasteiger partial charge in [-0.25, -0.2) is 0 Å². The molecule has 0 bridgehead atoms. The molecule has 0 spiro atoms. The fourth-order valence-electron chi connectivity index (χ4n) is 3.23. The average molecular weight is 444 g/mol. The SMILES string of the molecule is CCCC[C](CCCC)(CCCC)[Sn][c]1ccc(C(F)F)nc1C. The number of alkyl halides is 2. The van der Waals surface area contributed by atoms with Crippen LogP contribution in [-0.2, 0) is 0 Å². The molecule has 0 aliphatic carbocycles. The Balaban J connectivity index is 3.03. The van der Waals surface area contributed by atoms with E-state index in [0.717, 1.165) is 5.69 Å². The van der Waals surface area contributed by atoms with Gasteiger partial charge in [0.15, 0.2) is 0 Å². The molecule has 0 aromatic carbocycles. The predicted molar refractivity (Wildman–Crippen MR) is 101 cm³/mol. The normalized spacial score (nSPS) is 12.1. The number of hydrogen-bond donors (Lipinski definition) is 0. The van der Waals surface area contributed by atoms with Crippen molar-refractivity contribution in [3.8, 4) is 0 Å². The standard InChI is InChI=1S/C13H27.C7H6F2N.Sn/c1-4-7-10-13(11-8-5-2)12-9-6-3;1-5-3-2-4-6(10-5)7(8)9;/h4-12H2,1-3H3;2,4,7H,1H3;. The van der Waals surface area contributed by atoms with Crippen molar-refractivity contribution in [3.05, 3.63) is 23.5 Å². The molecule has 4 heteroatoms. The van der Waals surface area contributed by atoms with Crippen molar-refractivity contribution in [1.82, 2.24) is 4.98 Å². The minimum atomic E-state index is -2.46. The summed E-state index contributed by atoms with van der Waals surface area (Å²) in [5, 5.41) is 0. The summed E-state index contributed by atoms with van der Waals surface area (Å²) in [4.78, 5) is 4.19. The Morgan fingerprint density at radius 2 is 1.46 bits per heavy atom. The average Bonchev–Trinajstić information content (AvgIpc) is 2.57. The summed E-state index contributed by atoms with van der Waals surface area (Å²) in [7, 11) is 0. The molecule has 0 aliphatic heterocycles. The van der Waals surface area contributed by atoms with Gasteiger partial charge in [-0.15, -0.1) is 0 Å². The topological polar surface area (TPSA) is 12.9 Å². The van der Waals surface area contributed by atoms with Crippen molar-refractivity contribution >= 4 is 24.7 Å². The van der Waals surface area contributed by atoms with Gasteiger partial charge in [-0.2, -0.15) is 0 Å². The van der Waals surface area contributed by atoms with E-state index in [1.165, 1.54) is 61.4 Å². The van der Waals surface area contributed by atoms with Gasteiger partial charge in [-0.1, -0.05) is 0 Å². The third-order valence-electron chi connectivity index (χ3n) is 4.76. The molecule has 1 heterocycles. The summed E-state index contributed by atoms with van der Waals surface area (Å²) in [6.07, 6.45) is 9.04. The van der Waals surface area contributed by atoms with Gasteiger partial charge in [-0.05, 0) is 0 Å². The molecule has 1 rings (SSSR count). The molecule has 0 fully saturated rings. The summed E-state index contributed by atoms with van der Waals surface area (Å²) in [6, 6.07) is 3.52. The Kier molecular flexibility index (Phi) is 10.4. The Labute approximate surface area is 157 Å². The van der Waals surface area contributed by atoms with E-state index in [1.807, 2.05) is 13.0 Å². The molecule has 0 unspecified atom stereocenters. The molecule has 0 amide bonds. The van der Waals surface area contributed by atoms with Gasteiger partial charge >= 0.3 is 157 Å². The van der Waals surface area contributed by atoms with Crippen LogP contribution in [0.4, 0.5) is 8.78 Å². The first kappa shape index (κ1) is 21.9. The van der Waals surface area contributed by atoms with Crippen LogP contribution in [0, 0.1) is 6.92 Å². The number of halogens is 2. The number of unbranched alkanes of at least 4 members (excludes halogenated alkanes) is 3. The summed E-state index contributed by atoms with van der Waals surface area (Å²) in [6.45, 7) is 8.71. The fraction of sp³-hybridized carbons (Fsp3) is 0.750. The number of pyridine rings is 1. The first-order valence-corrected chi connectivity index (χ1v) is 12.4. The fourth-order valence-corrected chi connectivity index (χ4v) is 8.59. The number of aryl methyl sites for hydroxylation is 1. The first-order valence-electron chi connectivity index (χ1n) is 9.51. The number of nitrogens with zero attached hydrogens (tertiary/aromatic N) is 1. The van der Waals surface area contributed by atoms with Crippen molar-refractivity contribution in [2.24, 2.45) is 0 Å². The van der Waals surface area contributed by atoms with Crippen LogP contribution in [0.5, 0.6) is 0 Å². The zero-order valence-electron chi connectivity index (χ0n) is 15.8. The van der Waals surface area contributed by atoms with Gasteiger partial charge in [0.2, 0.25) is 0 Å². The molecule has 136 valence electrons. The van der Waals surface area contributed by atoms with Gasteiger partial charge in [0.25, 0.3) is 0 Å². The van der Waals surface area contributed by atoms with E-state index < -0.39 is 27.6 Å². The second kappa shape index (κ2) is 11.4. The molecule has 0 aliphatic rings. The zero-order valence-corrected chi connectivity index (χ0v) is 18.7. The number of aromatic nitrogens is 1. The van der Waals surface area contributed by atoms with E-state index in [2.05, 4.69) is 25.8 Å². The van der Waals surface area contributed by atoms with Crippen LogP contribution in [0.2, 0.25) is 3.43 Å². The molecule has 0 saturated heterocycles.